The number of hydrogen-bond donors (Lipinski definition) is 3. The normalized spacial score (nSPS) is 27.5. The molecule has 3 N–H and O–H groups in total. The Morgan fingerprint density at radius 2 is 1.95 bits per heavy atom. The molecule has 0 aromatic carbocycles. The summed E-state index contributed by atoms with van der Waals surface area (Å²) < 4.78 is 5.50. The first-order chi connectivity index (χ1) is 10.7. The van der Waals surface area contributed by atoms with Crippen LogP contribution in [-0.4, -0.2) is 43.0 Å². The Balaban J connectivity index is 1.75. The molecule has 2 fully saturated rings. The fourth-order valence-electron chi connectivity index (χ4n) is 3.84. The highest BCUT2D eigenvalue weighted by Gasteiger charge is 2.34. The summed E-state index contributed by atoms with van der Waals surface area (Å²) in [5.74, 6) is 0. The molecule has 5 heteroatoms. The average molecular weight is 312 g/mol. The van der Waals surface area contributed by atoms with Crippen LogP contribution < -0.4 is 10.6 Å². The minimum atomic E-state index is -0.391. The second kappa shape index (κ2) is 8.73. The van der Waals surface area contributed by atoms with Crippen molar-refractivity contribution in [2.45, 2.75) is 76.9 Å². The van der Waals surface area contributed by atoms with Crippen molar-refractivity contribution in [1.29, 1.82) is 0 Å². The van der Waals surface area contributed by atoms with Gasteiger partial charge in [-0.2, -0.15) is 0 Å². The molecule has 2 rings (SSSR count). The number of nitrogens with one attached hydrogen (secondary N) is 2. The topological polar surface area (TPSA) is 70.6 Å². The lowest BCUT2D eigenvalue weighted by molar-refractivity contribution is 0.0919. The van der Waals surface area contributed by atoms with Crippen LogP contribution >= 0.6 is 0 Å². The Morgan fingerprint density at radius 1 is 1.23 bits per heavy atom. The smallest absolute Gasteiger partial charge is 0.315 e. The summed E-state index contributed by atoms with van der Waals surface area (Å²) in [6.07, 6.45) is 9.28. The van der Waals surface area contributed by atoms with Gasteiger partial charge in [0, 0.05) is 19.8 Å². The van der Waals surface area contributed by atoms with E-state index in [2.05, 4.69) is 10.6 Å². The third-order valence-corrected chi connectivity index (χ3v) is 5.31. The predicted octanol–water partition coefficient (Wildman–Crippen LogP) is 2.58. The Kier molecular flexibility index (Phi) is 6.96. The number of carbonyl (C=O) groups is 1. The van der Waals surface area contributed by atoms with Crippen LogP contribution in [0.2, 0.25) is 0 Å². The summed E-state index contributed by atoms with van der Waals surface area (Å²) in [5, 5.41) is 15.9. The second-order valence-electron chi connectivity index (χ2n) is 6.94. The van der Waals surface area contributed by atoms with E-state index < -0.39 is 6.10 Å². The monoisotopic (exact) mass is 312 g/mol. The summed E-state index contributed by atoms with van der Waals surface area (Å²) in [6.45, 7) is 4.27. The number of urea groups is 1. The van der Waals surface area contributed by atoms with Gasteiger partial charge in [0.1, 0.15) is 0 Å². The molecule has 2 unspecified atom stereocenters. The van der Waals surface area contributed by atoms with Crippen LogP contribution in [0.1, 0.15) is 64.7 Å². The summed E-state index contributed by atoms with van der Waals surface area (Å²) in [7, 11) is 0. The summed E-state index contributed by atoms with van der Waals surface area (Å²) >= 11 is 0. The molecule has 0 aliphatic heterocycles. The van der Waals surface area contributed by atoms with Crippen molar-refractivity contribution >= 4 is 6.03 Å². The maximum Gasteiger partial charge on any atom is 0.315 e. The maximum atomic E-state index is 12.1. The van der Waals surface area contributed by atoms with E-state index in [-0.39, 0.29) is 17.5 Å². The molecule has 2 saturated carbocycles. The highest BCUT2D eigenvalue weighted by Crippen LogP contribution is 2.40. The number of ether oxygens (including phenoxy) is 1. The minimum Gasteiger partial charge on any atom is -0.391 e. The molecule has 0 spiro atoms. The largest absolute Gasteiger partial charge is 0.391 e. The van der Waals surface area contributed by atoms with E-state index in [1.807, 2.05) is 6.92 Å². The second-order valence-corrected chi connectivity index (χ2v) is 6.94. The van der Waals surface area contributed by atoms with Gasteiger partial charge < -0.3 is 20.5 Å². The van der Waals surface area contributed by atoms with E-state index in [4.69, 9.17) is 4.74 Å². The summed E-state index contributed by atoms with van der Waals surface area (Å²) in [5.41, 5.74) is 0.206. The summed E-state index contributed by atoms with van der Waals surface area (Å²) in [6, 6.07) is -0.217. The number of hydrogen-bond acceptors (Lipinski definition) is 3. The SMILES string of the molecule is CCOCCC1(CNC(=O)NC2CCCCC2O)CCCC1. The first kappa shape index (κ1) is 17.5. The zero-order chi connectivity index (χ0) is 15.8. The molecular weight excluding hydrogens is 280 g/mol. The molecular formula is C17H32N2O3. The lowest BCUT2D eigenvalue weighted by Crippen LogP contribution is -2.50. The van der Waals surface area contributed by atoms with Gasteiger partial charge in [-0.3, -0.25) is 0 Å². The van der Waals surface area contributed by atoms with Crippen molar-refractivity contribution in [3.05, 3.63) is 0 Å². The van der Waals surface area contributed by atoms with Crippen molar-refractivity contribution < 1.29 is 14.6 Å². The van der Waals surface area contributed by atoms with Crippen LogP contribution in [0.4, 0.5) is 4.79 Å². The third-order valence-electron chi connectivity index (χ3n) is 5.31. The van der Waals surface area contributed by atoms with Gasteiger partial charge in [-0.05, 0) is 44.4 Å². The van der Waals surface area contributed by atoms with E-state index in [1.54, 1.807) is 0 Å². The van der Waals surface area contributed by atoms with Gasteiger partial charge in [0.2, 0.25) is 0 Å². The maximum absolute atomic E-state index is 12.1. The molecule has 0 radical (unpaired) electrons. The Morgan fingerprint density at radius 3 is 2.64 bits per heavy atom. The average Bonchev–Trinajstić information content (AvgIpc) is 2.97. The van der Waals surface area contributed by atoms with Crippen LogP contribution in [0.25, 0.3) is 0 Å². The van der Waals surface area contributed by atoms with Gasteiger partial charge in [-0.1, -0.05) is 25.7 Å². The standard InChI is InChI=1S/C17H32N2O3/c1-2-22-12-11-17(9-5-6-10-17)13-18-16(21)19-14-7-3-4-8-15(14)20/h14-15,20H,2-13H2,1H3,(H2,18,19,21). The lowest BCUT2D eigenvalue weighted by Gasteiger charge is -2.31. The van der Waals surface area contributed by atoms with Crippen molar-refractivity contribution in [2.24, 2.45) is 5.41 Å². The van der Waals surface area contributed by atoms with Crippen LogP contribution in [0.5, 0.6) is 0 Å². The molecule has 22 heavy (non-hydrogen) atoms. The Bertz CT molecular complexity index is 343. The highest BCUT2D eigenvalue weighted by atomic mass is 16.5. The van der Waals surface area contributed by atoms with Gasteiger partial charge in [-0.25, -0.2) is 4.79 Å². The van der Waals surface area contributed by atoms with E-state index >= 15 is 0 Å². The van der Waals surface area contributed by atoms with E-state index in [0.29, 0.717) is 6.54 Å². The van der Waals surface area contributed by atoms with Gasteiger partial charge >= 0.3 is 6.03 Å². The molecule has 128 valence electrons. The summed E-state index contributed by atoms with van der Waals surface area (Å²) in [4.78, 5) is 12.1. The number of aliphatic hydroxyl groups is 1. The van der Waals surface area contributed by atoms with Gasteiger partial charge in [-0.15, -0.1) is 0 Å². The van der Waals surface area contributed by atoms with E-state index in [9.17, 15) is 9.90 Å². The molecule has 0 saturated heterocycles. The molecule has 2 aliphatic carbocycles. The van der Waals surface area contributed by atoms with Crippen molar-refractivity contribution in [3.63, 3.8) is 0 Å². The van der Waals surface area contributed by atoms with Gasteiger partial charge in [0.25, 0.3) is 0 Å². The van der Waals surface area contributed by atoms with Crippen LogP contribution in [0, 0.1) is 5.41 Å². The fourth-order valence-corrected chi connectivity index (χ4v) is 3.84. The van der Waals surface area contributed by atoms with Crippen LogP contribution in [0.15, 0.2) is 0 Å². The first-order valence-corrected chi connectivity index (χ1v) is 8.95. The van der Waals surface area contributed by atoms with Crippen LogP contribution in [-0.2, 0) is 4.74 Å². The number of carbonyl (C=O) groups excluding carboxylic acids is 1. The minimum absolute atomic E-state index is 0.0864. The Labute approximate surface area is 134 Å². The molecule has 0 aromatic rings. The van der Waals surface area contributed by atoms with Gasteiger partial charge in [0.15, 0.2) is 0 Å². The zero-order valence-corrected chi connectivity index (χ0v) is 13.9. The number of aliphatic hydroxyl groups excluding tert-OH is 1. The third kappa shape index (κ3) is 5.13. The molecule has 0 bridgehead atoms. The van der Waals surface area contributed by atoms with E-state index in [1.165, 1.54) is 25.7 Å². The van der Waals surface area contributed by atoms with Crippen LogP contribution in [0.3, 0.4) is 0 Å². The fraction of sp³-hybridized carbons (Fsp3) is 0.941. The van der Waals surface area contributed by atoms with Gasteiger partial charge in [0.05, 0.1) is 12.1 Å². The first-order valence-electron chi connectivity index (χ1n) is 8.95. The molecule has 2 aliphatic rings. The molecule has 2 atom stereocenters. The molecule has 5 nitrogen and oxygen atoms in total. The number of rotatable bonds is 7. The Hall–Kier alpha value is -0.810. The quantitative estimate of drug-likeness (QED) is 0.633. The lowest BCUT2D eigenvalue weighted by atomic mass is 9.83. The zero-order valence-electron chi connectivity index (χ0n) is 13.9. The molecule has 0 aromatic heterocycles. The number of amides is 2. The van der Waals surface area contributed by atoms with Crippen molar-refractivity contribution in [1.82, 2.24) is 10.6 Å². The predicted molar refractivity (Wildman–Crippen MR) is 86.8 cm³/mol. The highest BCUT2D eigenvalue weighted by molar-refractivity contribution is 5.74. The molecule has 0 heterocycles. The van der Waals surface area contributed by atoms with E-state index in [0.717, 1.165) is 45.3 Å². The van der Waals surface area contributed by atoms with Crippen molar-refractivity contribution in [3.8, 4) is 0 Å². The van der Waals surface area contributed by atoms with Crippen molar-refractivity contribution in [2.75, 3.05) is 19.8 Å². The molecule has 2 amide bonds.